The van der Waals surface area contributed by atoms with Gasteiger partial charge in [-0.15, -0.1) is 11.3 Å². The molecule has 104 valence electrons. The summed E-state index contributed by atoms with van der Waals surface area (Å²) in [5.74, 6) is 1.02. The number of hydrogen-bond acceptors (Lipinski definition) is 4. The molecule has 2 rings (SSSR count). The number of aryl methyl sites for hydroxylation is 1. The van der Waals surface area contributed by atoms with Crippen molar-refractivity contribution in [1.82, 2.24) is 10.2 Å². The van der Waals surface area contributed by atoms with Crippen molar-refractivity contribution in [3.05, 3.63) is 45.5 Å². The lowest BCUT2D eigenvalue weighted by atomic mass is 10.2. The molecule has 0 amide bonds. The molecule has 0 atom stereocenters. The summed E-state index contributed by atoms with van der Waals surface area (Å²) in [6.07, 6.45) is 1.73. The second-order valence-electron chi connectivity index (χ2n) is 4.83. The highest BCUT2D eigenvalue weighted by Crippen LogP contribution is 2.23. The van der Waals surface area contributed by atoms with E-state index in [1.54, 1.807) is 6.26 Å². The van der Waals surface area contributed by atoms with E-state index in [0.29, 0.717) is 0 Å². The predicted molar refractivity (Wildman–Crippen MR) is 80.3 cm³/mol. The zero-order valence-electron chi connectivity index (χ0n) is 11.9. The molecule has 0 saturated carbocycles. The molecule has 0 radical (unpaired) electrons. The van der Waals surface area contributed by atoms with E-state index in [-0.39, 0.29) is 0 Å². The minimum atomic E-state index is 0.852. The van der Waals surface area contributed by atoms with Crippen LogP contribution < -0.4 is 5.32 Å². The lowest BCUT2D eigenvalue weighted by Gasteiger charge is -2.14. The Bertz CT molecular complexity index is 490. The van der Waals surface area contributed by atoms with Crippen LogP contribution in [0.4, 0.5) is 0 Å². The minimum absolute atomic E-state index is 0.852. The molecule has 2 aromatic heterocycles. The number of rotatable bonds is 7. The first-order valence-corrected chi connectivity index (χ1v) is 7.50. The fraction of sp³-hybridized carbons (Fsp3) is 0.467. The number of thiophene rings is 1. The zero-order valence-corrected chi connectivity index (χ0v) is 12.7. The first-order chi connectivity index (χ1) is 9.19. The van der Waals surface area contributed by atoms with Crippen molar-refractivity contribution in [2.75, 3.05) is 13.6 Å². The summed E-state index contributed by atoms with van der Waals surface area (Å²) < 4.78 is 5.38. The molecular formula is C15H22N2OS. The Labute approximate surface area is 119 Å². The Balaban J connectivity index is 1.92. The van der Waals surface area contributed by atoms with Gasteiger partial charge in [0, 0.05) is 22.8 Å². The quantitative estimate of drug-likeness (QED) is 0.841. The maximum Gasteiger partial charge on any atom is 0.117 e. The van der Waals surface area contributed by atoms with E-state index in [1.807, 2.05) is 23.5 Å². The van der Waals surface area contributed by atoms with E-state index >= 15 is 0 Å². The second-order valence-corrected chi connectivity index (χ2v) is 6.17. The average Bonchev–Trinajstić information content (AvgIpc) is 2.98. The largest absolute Gasteiger partial charge is 0.468 e. The molecule has 2 aromatic rings. The van der Waals surface area contributed by atoms with Gasteiger partial charge in [0.1, 0.15) is 5.76 Å². The Morgan fingerprint density at radius 3 is 2.89 bits per heavy atom. The van der Waals surface area contributed by atoms with Gasteiger partial charge in [0.2, 0.25) is 0 Å². The molecule has 3 nitrogen and oxygen atoms in total. The molecule has 0 spiro atoms. The van der Waals surface area contributed by atoms with Crippen LogP contribution in [0.15, 0.2) is 28.9 Å². The molecule has 0 saturated heterocycles. The maximum atomic E-state index is 5.38. The summed E-state index contributed by atoms with van der Waals surface area (Å²) in [7, 11) is 2.13. The van der Waals surface area contributed by atoms with Gasteiger partial charge in [-0.3, -0.25) is 4.90 Å². The van der Waals surface area contributed by atoms with Crippen molar-refractivity contribution in [2.24, 2.45) is 0 Å². The molecule has 1 N–H and O–H groups in total. The molecule has 0 aliphatic carbocycles. The normalized spacial score (nSPS) is 11.4. The van der Waals surface area contributed by atoms with Gasteiger partial charge in [0.15, 0.2) is 0 Å². The van der Waals surface area contributed by atoms with Crippen LogP contribution >= 0.6 is 11.3 Å². The van der Waals surface area contributed by atoms with Crippen LogP contribution in [-0.4, -0.2) is 18.5 Å². The van der Waals surface area contributed by atoms with E-state index in [4.69, 9.17) is 4.42 Å². The van der Waals surface area contributed by atoms with Gasteiger partial charge in [-0.1, -0.05) is 6.92 Å². The van der Waals surface area contributed by atoms with E-state index < -0.39 is 0 Å². The van der Waals surface area contributed by atoms with Gasteiger partial charge < -0.3 is 9.73 Å². The average molecular weight is 278 g/mol. The monoisotopic (exact) mass is 278 g/mol. The molecule has 0 fully saturated rings. The van der Waals surface area contributed by atoms with Crippen LogP contribution in [0.3, 0.4) is 0 Å². The van der Waals surface area contributed by atoms with Crippen molar-refractivity contribution in [3.63, 3.8) is 0 Å². The lowest BCUT2D eigenvalue weighted by Crippen LogP contribution is -2.17. The molecule has 2 heterocycles. The molecular weight excluding hydrogens is 256 g/mol. The molecule has 19 heavy (non-hydrogen) atoms. The summed E-state index contributed by atoms with van der Waals surface area (Å²) in [4.78, 5) is 5.12. The molecule has 0 aromatic carbocycles. The third-order valence-electron chi connectivity index (χ3n) is 3.07. The van der Waals surface area contributed by atoms with Crippen LogP contribution in [0.5, 0.6) is 0 Å². The number of nitrogens with zero attached hydrogens (tertiary/aromatic N) is 1. The van der Waals surface area contributed by atoms with Gasteiger partial charge in [-0.25, -0.2) is 0 Å². The second kappa shape index (κ2) is 6.89. The van der Waals surface area contributed by atoms with Gasteiger partial charge in [-0.2, -0.15) is 0 Å². The number of nitrogens with one attached hydrogen (secondary N) is 1. The van der Waals surface area contributed by atoms with Gasteiger partial charge >= 0.3 is 0 Å². The standard InChI is InChI=1S/C15H22N2OS/c1-4-16-9-15-8-13(12(2)19-15)10-17(3)11-14-6-5-7-18-14/h5-8,16H,4,9-11H2,1-3H3. The minimum Gasteiger partial charge on any atom is -0.468 e. The summed E-state index contributed by atoms with van der Waals surface area (Å²) in [5.41, 5.74) is 1.42. The fourth-order valence-electron chi connectivity index (χ4n) is 2.10. The Morgan fingerprint density at radius 2 is 2.21 bits per heavy atom. The molecule has 0 aliphatic rings. The van der Waals surface area contributed by atoms with E-state index in [2.05, 4.69) is 37.2 Å². The molecule has 0 unspecified atom stereocenters. The topological polar surface area (TPSA) is 28.4 Å². The third-order valence-corrected chi connectivity index (χ3v) is 4.16. The molecule has 0 bridgehead atoms. The van der Waals surface area contributed by atoms with Crippen molar-refractivity contribution in [1.29, 1.82) is 0 Å². The Hall–Kier alpha value is -1.10. The van der Waals surface area contributed by atoms with Crippen molar-refractivity contribution in [2.45, 2.75) is 33.5 Å². The van der Waals surface area contributed by atoms with Crippen LogP contribution in [-0.2, 0) is 19.6 Å². The first kappa shape index (κ1) is 14.3. The first-order valence-electron chi connectivity index (χ1n) is 6.69. The Kier molecular flexibility index (Phi) is 5.19. The predicted octanol–water partition coefficient (Wildman–Crippen LogP) is 3.39. The fourth-order valence-corrected chi connectivity index (χ4v) is 3.12. The van der Waals surface area contributed by atoms with E-state index in [0.717, 1.165) is 31.9 Å². The van der Waals surface area contributed by atoms with Gasteiger partial charge in [-0.05, 0) is 44.3 Å². The summed E-state index contributed by atoms with van der Waals surface area (Å²) in [6, 6.07) is 6.28. The van der Waals surface area contributed by atoms with E-state index in [9.17, 15) is 0 Å². The highest BCUT2D eigenvalue weighted by Gasteiger charge is 2.09. The number of hydrogen-bond donors (Lipinski definition) is 1. The smallest absolute Gasteiger partial charge is 0.117 e. The summed E-state index contributed by atoms with van der Waals surface area (Å²) in [5, 5.41) is 3.38. The SMILES string of the molecule is CCNCc1cc(CN(C)Cc2ccco2)c(C)s1. The van der Waals surface area contributed by atoms with Gasteiger partial charge in [0.05, 0.1) is 12.8 Å². The molecule has 0 aliphatic heterocycles. The summed E-state index contributed by atoms with van der Waals surface area (Å²) in [6.45, 7) is 8.16. The summed E-state index contributed by atoms with van der Waals surface area (Å²) >= 11 is 1.89. The van der Waals surface area contributed by atoms with Gasteiger partial charge in [0.25, 0.3) is 0 Å². The highest BCUT2D eigenvalue weighted by molar-refractivity contribution is 7.12. The van der Waals surface area contributed by atoms with Crippen molar-refractivity contribution in [3.8, 4) is 0 Å². The van der Waals surface area contributed by atoms with Crippen LogP contribution in [0.25, 0.3) is 0 Å². The van der Waals surface area contributed by atoms with Crippen molar-refractivity contribution >= 4 is 11.3 Å². The van der Waals surface area contributed by atoms with Crippen LogP contribution in [0.1, 0.15) is 28.0 Å². The maximum absolute atomic E-state index is 5.38. The molecule has 4 heteroatoms. The highest BCUT2D eigenvalue weighted by atomic mass is 32.1. The lowest BCUT2D eigenvalue weighted by molar-refractivity contribution is 0.287. The van der Waals surface area contributed by atoms with E-state index in [1.165, 1.54) is 15.3 Å². The Morgan fingerprint density at radius 1 is 1.37 bits per heavy atom. The van der Waals surface area contributed by atoms with Crippen LogP contribution in [0.2, 0.25) is 0 Å². The number of furan rings is 1. The third kappa shape index (κ3) is 4.20. The zero-order chi connectivity index (χ0) is 13.7. The van der Waals surface area contributed by atoms with Crippen molar-refractivity contribution < 1.29 is 4.42 Å². The van der Waals surface area contributed by atoms with Crippen LogP contribution in [0, 0.1) is 6.92 Å².